The average Bonchev–Trinajstić information content (AvgIpc) is 3.21. The van der Waals surface area contributed by atoms with Crippen LogP contribution in [0.3, 0.4) is 0 Å². The summed E-state index contributed by atoms with van der Waals surface area (Å²) in [5, 5.41) is 11.7. The number of aryl methyl sites for hydroxylation is 1. The number of hydrogen-bond acceptors (Lipinski definition) is 6. The lowest BCUT2D eigenvalue weighted by atomic mass is 10.1. The molecule has 0 aliphatic heterocycles. The van der Waals surface area contributed by atoms with Gasteiger partial charge in [-0.05, 0) is 30.2 Å². The number of benzene rings is 2. The lowest BCUT2D eigenvalue weighted by Gasteiger charge is -2.13. The summed E-state index contributed by atoms with van der Waals surface area (Å²) in [6, 6.07) is 13.6. The average molecular weight is 446 g/mol. The number of nitrogens with one attached hydrogen (secondary N) is 2. The van der Waals surface area contributed by atoms with Crippen molar-refractivity contribution in [3.8, 4) is 11.6 Å². The highest BCUT2D eigenvalue weighted by molar-refractivity contribution is 5.87. The molecule has 0 unspecified atom stereocenters. The van der Waals surface area contributed by atoms with E-state index >= 15 is 0 Å². The second-order valence-electron chi connectivity index (χ2n) is 7.50. The largest absolute Gasteiger partial charge is 0.493 e. The molecule has 2 heterocycles. The molecule has 0 fully saturated rings. The fourth-order valence-corrected chi connectivity index (χ4v) is 3.70. The van der Waals surface area contributed by atoms with E-state index in [1.54, 1.807) is 37.4 Å². The van der Waals surface area contributed by atoms with Crippen molar-refractivity contribution in [3.63, 3.8) is 0 Å². The van der Waals surface area contributed by atoms with Gasteiger partial charge in [-0.2, -0.15) is 0 Å². The Balaban J connectivity index is 1.75. The molecular formula is C24H22N4O5. The molecule has 2 aromatic heterocycles. The lowest BCUT2D eigenvalue weighted by molar-refractivity contribution is -0.142. The lowest BCUT2D eigenvalue weighted by Crippen LogP contribution is -2.32. The predicted octanol–water partition coefficient (Wildman–Crippen LogP) is 2.22. The van der Waals surface area contributed by atoms with Gasteiger partial charge < -0.3 is 14.8 Å². The molecule has 0 aliphatic carbocycles. The first-order valence-electron chi connectivity index (χ1n) is 10.2. The van der Waals surface area contributed by atoms with E-state index in [-0.39, 0.29) is 12.0 Å². The maximum atomic E-state index is 12.4. The van der Waals surface area contributed by atoms with E-state index < -0.39 is 29.1 Å². The predicted molar refractivity (Wildman–Crippen MR) is 124 cm³/mol. The van der Waals surface area contributed by atoms with Gasteiger partial charge in [-0.1, -0.05) is 36.4 Å². The van der Waals surface area contributed by atoms with Crippen molar-refractivity contribution < 1.29 is 14.6 Å². The zero-order valence-corrected chi connectivity index (χ0v) is 18.0. The Labute approximate surface area is 188 Å². The number of aromatic nitrogens is 3. The SMILES string of the molecule is COC(=O)[C@H](Cc1c[nH]c2ccccc12)N=Cc1c(O)n(-c2ccccc2C)c(=O)[nH]c1=O. The maximum Gasteiger partial charge on any atom is 0.335 e. The minimum Gasteiger partial charge on any atom is -0.493 e. The van der Waals surface area contributed by atoms with Crippen LogP contribution in [0.1, 0.15) is 16.7 Å². The molecule has 4 rings (SSSR count). The van der Waals surface area contributed by atoms with Crippen LogP contribution in [0, 0.1) is 6.92 Å². The molecule has 0 saturated carbocycles. The van der Waals surface area contributed by atoms with Gasteiger partial charge in [0.2, 0.25) is 5.88 Å². The zero-order chi connectivity index (χ0) is 23.5. The summed E-state index contributed by atoms with van der Waals surface area (Å²) in [5.74, 6) is -1.17. The summed E-state index contributed by atoms with van der Waals surface area (Å²) < 4.78 is 5.87. The van der Waals surface area contributed by atoms with E-state index in [2.05, 4.69) is 15.0 Å². The number of ether oxygens (including phenoxy) is 1. The third-order valence-electron chi connectivity index (χ3n) is 5.42. The van der Waals surface area contributed by atoms with E-state index in [9.17, 15) is 19.5 Å². The highest BCUT2D eigenvalue weighted by Crippen LogP contribution is 2.21. The third kappa shape index (κ3) is 4.20. The van der Waals surface area contributed by atoms with Crippen molar-refractivity contribution in [2.24, 2.45) is 4.99 Å². The molecule has 4 aromatic rings. The summed E-state index contributed by atoms with van der Waals surface area (Å²) in [5.41, 5.74) is 1.05. The second-order valence-corrected chi connectivity index (χ2v) is 7.50. The fraction of sp³-hybridized carbons (Fsp3) is 0.167. The smallest absolute Gasteiger partial charge is 0.335 e. The molecule has 0 amide bonds. The van der Waals surface area contributed by atoms with Crippen molar-refractivity contribution in [1.29, 1.82) is 0 Å². The Kier molecular flexibility index (Phi) is 5.95. The van der Waals surface area contributed by atoms with Crippen LogP contribution in [-0.4, -0.2) is 45.0 Å². The molecule has 168 valence electrons. The summed E-state index contributed by atoms with van der Waals surface area (Å²) in [7, 11) is 1.25. The number of carbonyl (C=O) groups is 1. The van der Waals surface area contributed by atoms with E-state index in [1.165, 1.54) is 7.11 Å². The van der Waals surface area contributed by atoms with E-state index in [0.717, 1.165) is 32.8 Å². The van der Waals surface area contributed by atoms with Gasteiger partial charge in [0.1, 0.15) is 5.56 Å². The number of esters is 1. The minimum absolute atomic E-state index is 0.212. The van der Waals surface area contributed by atoms with Crippen LogP contribution >= 0.6 is 0 Å². The zero-order valence-electron chi connectivity index (χ0n) is 18.0. The first-order valence-corrected chi connectivity index (χ1v) is 10.2. The van der Waals surface area contributed by atoms with Crippen molar-refractivity contribution >= 4 is 23.1 Å². The Morgan fingerprint density at radius 1 is 1.18 bits per heavy atom. The standard InChI is InChI=1S/C24H22N4O5/c1-14-7-3-6-10-20(14)28-22(30)17(21(29)27-24(28)32)13-26-19(23(31)33-2)11-15-12-25-18-9-5-4-8-16(15)18/h3-10,12-13,19,25,30H,11H2,1-2H3,(H,27,29,32)/t19-/m0/s1. The molecule has 1 atom stereocenters. The number of fused-ring (bicyclic) bond motifs is 1. The van der Waals surface area contributed by atoms with Crippen LogP contribution in [0.2, 0.25) is 0 Å². The van der Waals surface area contributed by atoms with Crippen molar-refractivity contribution in [2.75, 3.05) is 7.11 Å². The van der Waals surface area contributed by atoms with Crippen LogP contribution < -0.4 is 11.2 Å². The van der Waals surface area contributed by atoms with Gasteiger partial charge in [0, 0.05) is 29.7 Å². The molecular weight excluding hydrogens is 424 g/mol. The van der Waals surface area contributed by atoms with E-state index in [1.807, 2.05) is 24.3 Å². The minimum atomic E-state index is -0.966. The first-order chi connectivity index (χ1) is 15.9. The summed E-state index contributed by atoms with van der Waals surface area (Å²) in [6.45, 7) is 1.77. The monoisotopic (exact) mass is 446 g/mol. The van der Waals surface area contributed by atoms with Crippen molar-refractivity contribution in [2.45, 2.75) is 19.4 Å². The Hall–Kier alpha value is -4.40. The molecule has 0 radical (unpaired) electrons. The fourth-order valence-electron chi connectivity index (χ4n) is 3.70. The van der Waals surface area contributed by atoms with Crippen LogP contribution in [0.25, 0.3) is 16.6 Å². The highest BCUT2D eigenvalue weighted by Gasteiger charge is 2.21. The van der Waals surface area contributed by atoms with Gasteiger partial charge in [0.05, 0.1) is 12.8 Å². The molecule has 0 aliphatic rings. The molecule has 3 N–H and O–H groups in total. The summed E-state index contributed by atoms with van der Waals surface area (Å²) in [6.07, 6.45) is 3.10. The third-order valence-corrected chi connectivity index (χ3v) is 5.42. The van der Waals surface area contributed by atoms with Crippen LogP contribution in [-0.2, 0) is 16.0 Å². The van der Waals surface area contributed by atoms with Crippen molar-refractivity contribution in [3.05, 3.63) is 92.3 Å². The van der Waals surface area contributed by atoms with Crippen LogP contribution in [0.4, 0.5) is 0 Å². The highest BCUT2D eigenvalue weighted by atomic mass is 16.5. The van der Waals surface area contributed by atoms with Crippen LogP contribution in [0.15, 0.2) is 69.3 Å². The Morgan fingerprint density at radius 2 is 1.91 bits per heavy atom. The number of carbonyl (C=O) groups excluding carboxylic acids is 1. The number of para-hydroxylation sites is 2. The number of aromatic amines is 2. The number of rotatable bonds is 6. The first kappa shape index (κ1) is 21.8. The molecule has 2 aromatic carbocycles. The van der Waals surface area contributed by atoms with Gasteiger partial charge in [0.15, 0.2) is 6.04 Å². The topological polar surface area (TPSA) is 130 Å². The second kappa shape index (κ2) is 8.99. The van der Waals surface area contributed by atoms with Gasteiger partial charge >= 0.3 is 11.7 Å². The Bertz CT molecular complexity index is 1480. The van der Waals surface area contributed by atoms with E-state index in [4.69, 9.17) is 4.74 Å². The number of hydrogen-bond donors (Lipinski definition) is 3. The van der Waals surface area contributed by atoms with Gasteiger partial charge in [-0.3, -0.25) is 14.8 Å². The normalized spacial score (nSPS) is 12.3. The maximum absolute atomic E-state index is 12.4. The molecule has 0 spiro atoms. The molecule has 9 nitrogen and oxygen atoms in total. The summed E-state index contributed by atoms with van der Waals surface area (Å²) in [4.78, 5) is 46.8. The number of aliphatic imine (C=N–C) groups is 1. The molecule has 9 heteroatoms. The van der Waals surface area contributed by atoms with Gasteiger partial charge in [-0.25, -0.2) is 14.2 Å². The Morgan fingerprint density at radius 3 is 2.67 bits per heavy atom. The van der Waals surface area contributed by atoms with Gasteiger partial charge in [-0.15, -0.1) is 0 Å². The number of nitrogens with zero attached hydrogens (tertiary/aromatic N) is 2. The van der Waals surface area contributed by atoms with Crippen LogP contribution in [0.5, 0.6) is 5.88 Å². The molecule has 0 saturated heterocycles. The molecule has 0 bridgehead atoms. The quantitative estimate of drug-likeness (QED) is 0.309. The van der Waals surface area contributed by atoms with Gasteiger partial charge in [0.25, 0.3) is 5.56 Å². The number of aromatic hydroxyl groups is 1. The molecule has 33 heavy (non-hydrogen) atoms. The van der Waals surface area contributed by atoms with Crippen molar-refractivity contribution in [1.82, 2.24) is 14.5 Å². The van der Waals surface area contributed by atoms with E-state index in [0.29, 0.717) is 5.69 Å². The summed E-state index contributed by atoms with van der Waals surface area (Å²) >= 11 is 0. The number of H-pyrrole nitrogens is 2. The number of methoxy groups -OCH3 is 1.